The highest BCUT2D eigenvalue weighted by Crippen LogP contribution is 2.57. The molecule has 0 radical (unpaired) electrons. The van der Waals surface area contributed by atoms with Crippen LogP contribution in [0.2, 0.25) is 0 Å². The van der Waals surface area contributed by atoms with Gasteiger partial charge in [-0.05, 0) is 69.8 Å². The number of esters is 1. The predicted molar refractivity (Wildman–Crippen MR) is 232 cm³/mol. The highest BCUT2D eigenvalue weighted by atomic mass is 16.8. The Hall–Kier alpha value is -1.93. The van der Waals surface area contributed by atoms with Crippen molar-refractivity contribution in [3.8, 4) is 0 Å². The van der Waals surface area contributed by atoms with Crippen LogP contribution in [0.5, 0.6) is 0 Å². The van der Waals surface area contributed by atoms with E-state index in [0.717, 1.165) is 18.4 Å². The summed E-state index contributed by atoms with van der Waals surface area (Å²) < 4.78 is 86.3. The summed E-state index contributed by atoms with van der Waals surface area (Å²) in [6, 6.07) is 0. The third-order valence-electron chi connectivity index (χ3n) is 16.6. The Morgan fingerprint density at radius 1 is 0.735 bits per heavy atom. The average Bonchev–Trinajstić information content (AvgIpc) is 3.83. The first-order chi connectivity index (χ1) is 32.5. The minimum Gasteiger partial charge on any atom is -0.469 e. The van der Waals surface area contributed by atoms with E-state index < -0.39 is 135 Å². The van der Waals surface area contributed by atoms with E-state index >= 15 is 0 Å². The SMILES string of the molecule is CO[C@H]1C[C@H](O[C@H]2[C@@H](OC)C[C@H](O[C@@H]3CC4=CC[C@H]5C(=O)O[C@@H]6CO[C@]7(C)OC=C(CC[C@@H]5[C@@]4(C)C[C@H]3O)[C@H]67)O[C@@H]2C)O[C@H](C)[C@H]1O[C@H]1C[C@@H](OC)[C@@H](O[C@@H]2O[C@H](CO)[C@H](O)[C@H](O)[C@H]2O)[C@H](C)O1. The molecule has 0 aromatic rings. The van der Waals surface area contributed by atoms with Gasteiger partial charge in [-0.2, -0.15) is 0 Å². The van der Waals surface area contributed by atoms with Crippen LogP contribution in [-0.2, 0) is 71.1 Å². The van der Waals surface area contributed by atoms with Gasteiger partial charge in [0.05, 0.1) is 80.1 Å². The first kappa shape index (κ1) is 51.0. The van der Waals surface area contributed by atoms with Gasteiger partial charge in [-0.3, -0.25) is 4.79 Å². The van der Waals surface area contributed by atoms with E-state index in [4.69, 9.17) is 66.3 Å². The number of carbonyl (C=O) groups is 1. The fourth-order valence-electron chi connectivity index (χ4n) is 12.8. The summed E-state index contributed by atoms with van der Waals surface area (Å²) in [7, 11) is 4.74. The Balaban J connectivity index is 0.779. The zero-order valence-electron chi connectivity index (χ0n) is 40.4. The molecule has 9 aliphatic rings. The summed E-state index contributed by atoms with van der Waals surface area (Å²) in [5, 5.41) is 52.5. The molecular formula is C48H74O20. The Bertz CT molecular complexity index is 1820. The number of ether oxygens (including phenoxy) is 14. The van der Waals surface area contributed by atoms with Crippen molar-refractivity contribution < 1.29 is 96.6 Å². The number of carbonyl (C=O) groups excluding carboxylic acids is 1. The van der Waals surface area contributed by atoms with Crippen molar-refractivity contribution in [3.63, 3.8) is 0 Å². The van der Waals surface area contributed by atoms with Gasteiger partial charge >= 0.3 is 5.97 Å². The number of aliphatic hydroxyl groups is 5. The molecule has 20 nitrogen and oxygen atoms in total. The molecule has 0 aromatic carbocycles. The van der Waals surface area contributed by atoms with E-state index in [0.29, 0.717) is 38.7 Å². The Labute approximate surface area is 397 Å². The Kier molecular flexibility index (Phi) is 15.4. The zero-order chi connectivity index (χ0) is 48.4. The van der Waals surface area contributed by atoms with E-state index in [1.807, 2.05) is 20.8 Å². The molecule has 20 heteroatoms. The molecule has 0 aromatic heterocycles. The lowest BCUT2D eigenvalue weighted by atomic mass is 9.55. The molecule has 0 unspecified atom stereocenters. The fraction of sp³-hybridized carbons (Fsp3) is 0.896. The molecule has 0 spiro atoms. The Morgan fingerprint density at radius 2 is 1.31 bits per heavy atom. The van der Waals surface area contributed by atoms with Crippen LogP contribution < -0.4 is 0 Å². The van der Waals surface area contributed by atoms with Gasteiger partial charge in [0, 0.05) is 47.5 Å². The maximum Gasteiger partial charge on any atom is 0.309 e. The minimum atomic E-state index is -1.59. The van der Waals surface area contributed by atoms with Gasteiger partial charge in [0.2, 0.25) is 5.79 Å². The van der Waals surface area contributed by atoms with Crippen molar-refractivity contribution in [2.75, 3.05) is 34.5 Å². The molecule has 25 atom stereocenters. The van der Waals surface area contributed by atoms with Gasteiger partial charge < -0.3 is 91.8 Å². The number of allylic oxidation sites excluding steroid dienone is 1. The number of rotatable bonds is 12. The van der Waals surface area contributed by atoms with Gasteiger partial charge in [-0.15, -0.1) is 0 Å². The van der Waals surface area contributed by atoms with Crippen molar-refractivity contribution in [2.24, 2.45) is 23.2 Å². The first-order valence-corrected chi connectivity index (χ1v) is 24.5. The fourth-order valence-corrected chi connectivity index (χ4v) is 12.8. The van der Waals surface area contributed by atoms with E-state index in [2.05, 4.69) is 13.0 Å². The van der Waals surface area contributed by atoms with Crippen LogP contribution in [0.3, 0.4) is 0 Å². The van der Waals surface area contributed by atoms with Crippen LogP contribution in [0.4, 0.5) is 0 Å². The van der Waals surface area contributed by atoms with E-state index in [1.54, 1.807) is 27.4 Å². The molecule has 68 heavy (non-hydrogen) atoms. The molecule has 0 bridgehead atoms. The second-order valence-electron chi connectivity index (χ2n) is 20.7. The summed E-state index contributed by atoms with van der Waals surface area (Å²) in [5.41, 5.74) is 1.87. The molecule has 7 heterocycles. The molecule has 7 aliphatic heterocycles. The monoisotopic (exact) mass is 970 g/mol. The molecule has 6 saturated heterocycles. The molecule has 2 aliphatic carbocycles. The summed E-state index contributed by atoms with van der Waals surface area (Å²) in [4.78, 5) is 13.8. The van der Waals surface area contributed by atoms with Crippen molar-refractivity contribution in [1.29, 1.82) is 0 Å². The molecule has 386 valence electrons. The summed E-state index contributed by atoms with van der Waals surface area (Å²) in [6.45, 7) is 9.36. The van der Waals surface area contributed by atoms with Crippen molar-refractivity contribution in [2.45, 2.75) is 215 Å². The van der Waals surface area contributed by atoms with E-state index in [9.17, 15) is 30.3 Å². The third kappa shape index (κ3) is 9.58. The number of fused-ring (bicyclic) bond motifs is 3. The van der Waals surface area contributed by atoms with Crippen LogP contribution in [0, 0.1) is 23.2 Å². The quantitative estimate of drug-likeness (QED) is 0.137. The van der Waals surface area contributed by atoms with Crippen LogP contribution in [0.1, 0.15) is 86.0 Å². The number of methoxy groups -OCH3 is 3. The summed E-state index contributed by atoms with van der Waals surface area (Å²) in [6.07, 6.45) is -7.99. The van der Waals surface area contributed by atoms with Crippen molar-refractivity contribution >= 4 is 5.97 Å². The molecule has 9 rings (SSSR count). The van der Waals surface area contributed by atoms with Gasteiger partial charge in [-0.25, -0.2) is 0 Å². The minimum absolute atomic E-state index is 0.0277. The number of hydrogen-bond donors (Lipinski definition) is 5. The van der Waals surface area contributed by atoms with Crippen LogP contribution in [0.15, 0.2) is 23.5 Å². The molecule has 5 N–H and O–H groups in total. The number of hydrogen-bond acceptors (Lipinski definition) is 20. The highest BCUT2D eigenvalue weighted by Gasteiger charge is 2.59. The van der Waals surface area contributed by atoms with Crippen LogP contribution >= 0.6 is 0 Å². The maximum atomic E-state index is 13.8. The molecular weight excluding hydrogens is 897 g/mol. The van der Waals surface area contributed by atoms with Crippen LogP contribution in [0.25, 0.3) is 0 Å². The first-order valence-electron chi connectivity index (χ1n) is 24.5. The molecule has 0 amide bonds. The number of aliphatic hydroxyl groups excluding tert-OH is 5. The normalized spacial score (nSPS) is 51.7. The third-order valence-corrected chi connectivity index (χ3v) is 16.6. The lowest BCUT2D eigenvalue weighted by Crippen LogP contribution is -2.62. The van der Waals surface area contributed by atoms with Crippen molar-refractivity contribution in [1.82, 2.24) is 0 Å². The van der Waals surface area contributed by atoms with Gasteiger partial charge in [-0.1, -0.05) is 18.6 Å². The lowest BCUT2D eigenvalue weighted by molar-refractivity contribution is -0.357. The Morgan fingerprint density at radius 3 is 1.88 bits per heavy atom. The van der Waals surface area contributed by atoms with Crippen LogP contribution in [-0.4, -0.2) is 195 Å². The second-order valence-corrected chi connectivity index (χ2v) is 20.7. The smallest absolute Gasteiger partial charge is 0.309 e. The standard InChI is InChI=1S/C48H74O20/c1-21-42(66-36-15-31(56-7)43(22(2)61-36)67-37-16-32(57-8)44(23(3)62-37)68-46-41(53)40(52)39(51)33(18-49)65-46)30(55-6)14-35(60-21)63-29-13-25-10-11-26-27(47(25,4)17-28(29)50)12-9-24-19-58-48(5)38(24)34(20-59-48)64-45(26)54/h10,19,21-23,26-44,46,49-53H,9,11-18,20H2,1-8H3/t21-,22-,23+,26-,27+,28-,29-,30+,31+,32-,33-,34-,35+,36+,37+,38-,39+,40+,41-,42-,43-,44+,46+,47+,48+/m1/s1. The molecule has 7 fully saturated rings. The summed E-state index contributed by atoms with van der Waals surface area (Å²) in [5.74, 6) is -1.48. The van der Waals surface area contributed by atoms with E-state index in [1.165, 1.54) is 12.7 Å². The maximum absolute atomic E-state index is 13.8. The second kappa shape index (κ2) is 20.5. The van der Waals surface area contributed by atoms with Gasteiger partial charge in [0.25, 0.3) is 0 Å². The largest absolute Gasteiger partial charge is 0.469 e. The zero-order valence-corrected chi connectivity index (χ0v) is 40.4. The lowest BCUT2D eigenvalue weighted by Gasteiger charge is -2.52. The van der Waals surface area contributed by atoms with E-state index in [-0.39, 0.29) is 36.2 Å². The average molecular weight is 971 g/mol. The van der Waals surface area contributed by atoms with Crippen molar-refractivity contribution in [3.05, 3.63) is 23.5 Å². The summed E-state index contributed by atoms with van der Waals surface area (Å²) >= 11 is 0. The predicted octanol–water partition coefficient (Wildman–Crippen LogP) is 1.48. The highest BCUT2D eigenvalue weighted by molar-refractivity contribution is 5.74. The molecule has 1 saturated carbocycles. The van der Waals surface area contributed by atoms with Gasteiger partial charge in [0.15, 0.2) is 25.2 Å². The van der Waals surface area contributed by atoms with Gasteiger partial charge in [0.1, 0.15) is 48.8 Å². The topological polar surface area (TPSA) is 247 Å².